The SMILES string of the molecule is Cc1cc(C)c(S(=O)(=O)Nc2ccc3nc(N4CCN(C)CC4)cc(C(=O)O)c3c2)c(C)c1. The molecule has 33 heavy (non-hydrogen) atoms. The highest BCUT2D eigenvalue weighted by molar-refractivity contribution is 7.92. The predicted octanol–water partition coefficient (Wildman–Crippen LogP) is 3.41. The number of nitrogens with one attached hydrogen (secondary N) is 1. The van der Waals surface area contributed by atoms with Crippen molar-refractivity contribution < 1.29 is 18.3 Å². The van der Waals surface area contributed by atoms with Gasteiger partial charge in [0.05, 0.1) is 16.0 Å². The standard InChI is InChI=1S/C24H28N4O4S/c1-15-11-16(2)23(17(3)12-15)33(31,32)26-18-5-6-21-19(13-18)20(24(29)30)14-22(25-21)28-9-7-27(4)8-10-28/h5-6,11-14,26H,7-10H2,1-4H3,(H,29,30). The number of aromatic nitrogens is 1. The zero-order chi connectivity index (χ0) is 23.9. The van der Waals surface area contributed by atoms with Crippen LogP contribution >= 0.6 is 0 Å². The molecule has 0 aliphatic carbocycles. The summed E-state index contributed by atoms with van der Waals surface area (Å²) in [7, 11) is -1.80. The highest BCUT2D eigenvalue weighted by atomic mass is 32.2. The van der Waals surface area contributed by atoms with E-state index < -0.39 is 16.0 Å². The third-order valence-corrected chi connectivity index (χ3v) is 7.66. The van der Waals surface area contributed by atoms with E-state index in [1.54, 1.807) is 32.0 Å². The molecule has 0 bridgehead atoms. The van der Waals surface area contributed by atoms with Gasteiger partial charge in [0.2, 0.25) is 0 Å². The zero-order valence-corrected chi connectivity index (χ0v) is 20.0. The van der Waals surface area contributed by atoms with Gasteiger partial charge in [-0.1, -0.05) is 17.7 Å². The normalized spacial score (nSPS) is 15.1. The van der Waals surface area contributed by atoms with Gasteiger partial charge < -0.3 is 14.9 Å². The largest absolute Gasteiger partial charge is 0.478 e. The van der Waals surface area contributed by atoms with E-state index in [4.69, 9.17) is 0 Å². The molecule has 1 fully saturated rings. The lowest BCUT2D eigenvalue weighted by atomic mass is 10.1. The van der Waals surface area contributed by atoms with Gasteiger partial charge in [0, 0.05) is 37.3 Å². The third kappa shape index (κ3) is 4.65. The maximum Gasteiger partial charge on any atom is 0.336 e. The maximum atomic E-state index is 13.1. The number of piperazine rings is 1. The monoisotopic (exact) mass is 468 g/mol. The van der Waals surface area contributed by atoms with Gasteiger partial charge in [-0.2, -0.15) is 0 Å². The first-order chi connectivity index (χ1) is 15.5. The zero-order valence-electron chi connectivity index (χ0n) is 19.2. The van der Waals surface area contributed by atoms with Gasteiger partial charge in [0.15, 0.2) is 0 Å². The Morgan fingerprint density at radius 3 is 2.24 bits per heavy atom. The molecule has 0 radical (unpaired) electrons. The van der Waals surface area contributed by atoms with Crippen LogP contribution in [0.1, 0.15) is 27.0 Å². The molecule has 0 unspecified atom stereocenters. The average Bonchev–Trinajstić information content (AvgIpc) is 2.72. The Morgan fingerprint density at radius 2 is 1.64 bits per heavy atom. The minimum Gasteiger partial charge on any atom is -0.478 e. The summed E-state index contributed by atoms with van der Waals surface area (Å²) < 4.78 is 28.9. The fourth-order valence-corrected chi connectivity index (χ4v) is 5.95. The molecule has 1 aliphatic heterocycles. The Balaban J connectivity index is 1.73. The van der Waals surface area contributed by atoms with Crippen LogP contribution in [0.2, 0.25) is 0 Å². The quantitative estimate of drug-likeness (QED) is 0.591. The Hall–Kier alpha value is -3.17. The van der Waals surface area contributed by atoms with Crippen molar-refractivity contribution in [2.75, 3.05) is 42.8 Å². The van der Waals surface area contributed by atoms with Gasteiger partial charge in [0.25, 0.3) is 10.0 Å². The number of aromatic carboxylic acids is 1. The average molecular weight is 469 g/mol. The van der Waals surface area contributed by atoms with Crippen molar-refractivity contribution in [1.82, 2.24) is 9.88 Å². The number of pyridine rings is 1. The van der Waals surface area contributed by atoms with Crippen molar-refractivity contribution in [3.8, 4) is 0 Å². The van der Waals surface area contributed by atoms with Crippen LogP contribution in [-0.4, -0.2) is 62.6 Å². The molecule has 0 atom stereocenters. The smallest absolute Gasteiger partial charge is 0.336 e. The lowest BCUT2D eigenvalue weighted by Crippen LogP contribution is -2.44. The highest BCUT2D eigenvalue weighted by Crippen LogP contribution is 2.29. The molecule has 8 nitrogen and oxygen atoms in total. The van der Waals surface area contributed by atoms with Crippen LogP contribution in [0.25, 0.3) is 10.9 Å². The van der Waals surface area contributed by atoms with Crippen LogP contribution in [-0.2, 0) is 10.0 Å². The second-order valence-electron chi connectivity index (χ2n) is 8.69. The molecular formula is C24H28N4O4S. The molecule has 3 aromatic rings. The summed E-state index contributed by atoms with van der Waals surface area (Å²) in [6.45, 7) is 8.73. The highest BCUT2D eigenvalue weighted by Gasteiger charge is 2.22. The Bertz CT molecular complexity index is 1320. The number of rotatable bonds is 5. The number of carboxylic acid groups (broad SMARTS) is 1. The number of fused-ring (bicyclic) bond motifs is 1. The van der Waals surface area contributed by atoms with E-state index in [9.17, 15) is 18.3 Å². The van der Waals surface area contributed by atoms with E-state index in [0.717, 1.165) is 31.7 Å². The number of anilines is 2. The van der Waals surface area contributed by atoms with E-state index in [0.29, 0.717) is 33.5 Å². The van der Waals surface area contributed by atoms with Crippen molar-refractivity contribution in [2.24, 2.45) is 0 Å². The van der Waals surface area contributed by atoms with E-state index in [-0.39, 0.29) is 10.5 Å². The fourth-order valence-electron chi connectivity index (χ4n) is 4.45. The summed E-state index contributed by atoms with van der Waals surface area (Å²) in [4.78, 5) is 21.2. The van der Waals surface area contributed by atoms with Crippen LogP contribution in [0, 0.1) is 20.8 Å². The van der Waals surface area contributed by atoms with Crippen LogP contribution in [0.15, 0.2) is 41.3 Å². The first kappa shape index (κ1) is 23.0. The first-order valence-electron chi connectivity index (χ1n) is 10.8. The van der Waals surface area contributed by atoms with Crippen LogP contribution in [0.5, 0.6) is 0 Å². The van der Waals surface area contributed by atoms with Crippen molar-refractivity contribution >= 4 is 38.4 Å². The summed E-state index contributed by atoms with van der Waals surface area (Å²) in [5.74, 6) is -0.463. The van der Waals surface area contributed by atoms with Crippen molar-refractivity contribution in [2.45, 2.75) is 25.7 Å². The topological polar surface area (TPSA) is 103 Å². The summed E-state index contributed by atoms with van der Waals surface area (Å²) in [6, 6.07) is 10.0. The molecule has 1 aliphatic rings. The van der Waals surface area contributed by atoms with Crippen molar-refractivity contribution in [1.29, 1.82) is 0 Å². The molecule has 0 spiro atoms. The Labute approximate surface area is 193 Å². The number of nitrogens with zero attached hydrogens (tertiary/aromatic N) is 3. The lowest BCUT2D eigenvalue weighted by Gasteiger charge is -2.33. The molecule has 0 saturated carbocycles. The summed E-state index contributed by atoms with van der Waals surface area (Å²) in [5.41, 5.74) is 3.20. The van der Waals surface area contributed by atoms with E-state index in [2.05, 4.69) is 26.6 Å². The summed E-state index contributed by atoms with van der Waals surface area (Å²) >= 11 is 0. The van der Waals surface area contributed by atoms with E-state index >= 15 is 0 Å². The third-order valence-electron chi connectivity index (χ3n) is 5.98. The fraction of sp³-hybridized carbons (Fsp3) is 0.333. The maximum absolute atomic E-state index is 13.1. The molecule has 1 saturated heterocycles. The van der Waals surface area contributed by atoms with Gasteiger partial charge in [-0.15, -0.1) is 0 Å². The molecule has 9 heteroatoms. The van der Waals surface area contributed by atoms with Gasteiger partial charge >= 0.3 is 5.97 Å². The minimum atomic E-state index is -3.85. The number of hydrogen-bond donors (Lipinski definition) is 2. The summed E-state index contributed by atoms with van der Waals surface area (Å²) in [5, 5.41) is 10.2. The molecule has 2 N–H and O–H groups in total. The second-order valence-corrected chi connectivity index (χ2v) is 10.3. The number of carbonyl (C=O) groups is 1. The minimum absolute atomic E-state index is 0.0951. The molecule has 0 amide bonds. The van der Waals surface area contributed by atoms with Gasteiger partial charge in [-0.25, -0.2) is 18.2 Å². The van der Waals surface area contributed by atoms with Crippen LogP contribution < -0.4 is 9.62 Å². The molecule has 1 aromatic heterocycles. The lowest BCUT2D eigenvalue weighted by molar-refractivity contribution is 0.0699. The molecule has 2 heterocycles. The second kappa shape index (κ2) is 8.64. The Kier molecular flexibility index (Phi) is 6.02. The van der Waals surface area contributed by atoms with Gasteiger partial charge in [-0.3, -0.25) is 4.72 Å². The molecule has 4 rings (SSSR count). The number of likely N-dealkylation sites (N-methyl/N-ethyl adjacent to an activating group) is 1. The van der Waals surface area contributed by atoms with Crippen LogP contribution in [0.3, 0.4) is 0 Å². The number of sulfonamides is 1. The number of carboxylic acids is 1. The molecule has 2 aromatic carbocycles. The Morgan fingerprint density at radius 1 is 1.00 bits per heavy atom. The number of hydrogen-bond acceptors (Lipinski definition) is 6. The van der Waals surface area contributed by atoms with Gasteiger partial charge in [0.1, 0.15) is 5.82 Å². The number of benzene rings is 2. The first-order valence-corrected chi connectivity index (χ1v) is 12.3. The van der Waals surface area contributed by atoms with Crippen LogP contribution in [0.4, 0.5) is 11.5 Å². The predicted molar refractivity (Wildman–Crippen MR) is 130 cm³/mol. The molecular weight excluding hydrogens is 440 g/mol. The van der Waals surface area contributed by atoms with Gasteiger partial charge in [-0.05, 0) is 63.2 Å². The van der Waals surface area contributed by atoms with E-state index in [1.165, 1.54) is 6.07 Å². The molecule has 174 valence electrons. The van der Waals surface area contributed by atoms with Crippen molar-refractivity contribution in [3.05, 3.63) is 58.7 Å². The summed E-state index contributed by atoms with van der Waals surface area (Å²) in [6.07, 6.45) is 0. The van der Waals surface area contributed by atoms with Crippen molar-refractivity contribution in [3.63, 3.8) is 0 Å². The van der Waals surface area contributed by atoms with E-state index in [1.807, 2.05) is 19.1 Å². The number of aryl methyl sites for hydroxylation is 3.